The summed E-state index contributed by atoms with van der Waals surface area (Å²) in [4.78, 5) is 10.6. The van der Waals surface area contributed by atoms with E-state index in [1.807, 2.05) is 0 Å². The van der Waals surface area contributed by atoms with Crippen molar-refractivity contribution in [1.29, 1.82) is 0 Å². The minimum atomic E-state index is -0.999. The average molecular weight is 212 g/mol. The largest absolute Gasteiger partial charge is 0.496 e. The Hall–Kier alpha value is -1.58. The Morgan fingerprint density at radius 1 is 1.53 bits per heavy atom. The number of ether oxygens (including phenoxy) is 1. The topological polar surface area (TPSA) is 46.5 Å². The molecule has 0 unspecified atom stereocenters. The summed E-state index contributed by atoms with van der Waals surface area (Å²) in [7, 11) is 1.45. The molecule has 1 aromatic rings. The van der Waals surface area contributed by atoms with Crippen molar-refractivity contribution < 1.29 is 19.0 Å². The third kappa shape index (κ3) is 2.26. The van der Waals surface area contributed by atoms with Gasteiger partial charge in [-0.15, -0.1) is 0 Å². The lowest BCUT2D eigenvalue weighted by molar-refractivity contribution is -0.136. The van der Waals surface area contributed by atoms with Crippen LogP contribution in [0.15, 0.2) is 6.07 Å². The van der Waals surface area contributed by atoms with Gasteiger partial charge in [0.15, 0.2) is 0 Å². The van der Waals surface area contributed by atoms with Gasteiger partial charge in [0.2, 0.25) is 0 Å². The molecular formula is C11H13FO3. The summed E-state index contributed by atoms with van der Waals surface area (Å²) >= 11 is 0. The fourth-order valence-corrected chi connectivity index (χ4v) is 1.56. The third-order valence-electron chi connectivity index (χ3n) is 2.32. The van der Waals surface area contributed by atoms with Crippen LogP contribution < -0.4 is 4.74 Å². The molecule has 0 aromatic heterocycles. The number of hydrogen-bond donors (Lipinski definition) is 1. The van der Waals surface area contributed by atoms with E-state index in [4.69, 9.17) is 9.84 Å². The quantitative estimate of drug-likeness (QED) is 0.834. The van der Waals surface area contributed by atoms with Crippen LogP contribution in [0, 0.1) is 19.7 Å². The van der Waals surface area contributed by atoms with Crippen LogP contribution in [0.1, 0.15) is 16.7 Å². The van der Waals surface area contributed by atoms with Gasteiger partial charge in [-0.25, -0.2) is 4.39 Å². The van der Waals surface area contributed by atoms with Crippen molar-refractivity contribution in [1.82, 2.24) is 0 Å². The molecule has 0 aliphatic carbocycles. The first-order valence-electron chi connectivity index (χ1n) is 4.51. The van der Waals surface area contributed by atoms with E-state index < -0.39 is 11.8 Å². The SMILES string of the molecule is COc1c(C)cc(F)c(C)c1CC(=O)O. The summed E-state index contributed by atoms with van der Waals surface area (Å²) in [5.74, 6) is -0.942. The molecule has 1 rings (SSSR count). The summed E-state index contributed by atoms with van der Waals surface area (Å²) in [5, 5.41) is 8.72. The molecular weight excluding hydrogens is 199 g/mol. The number of carboxylic acids is 1. The maximum Gasteiger partial charge on any atom is 0.307 e. The molecule has 3 nitrogen and oxygen atoms in total. The van der Waals surface area contributed by atoms with Crippen LogP contribution >= 0.6 is 0 Å². The van der Waals surface area contributed by atoms with Crippen LogP contribution in [-0.4, -0.2) is 18.2 Å². The number of aliphatic carboxylic acids is 1. The zero-order valence-corrected chi connectivity index (χ0v) is 8.93. The molecule has 0 saturated carbocycles. The summed E-state index contributed by atoms with van der Waals surface area (Å²) in [6.45, 7) is 3.24. The highest BCUT2D eigenvalue weighted by Crippen LogP contribution is 2.28. The van der Waals surface area contributed by atoms with E-state index in [9.17, 15) is 9.18 Å². The molecule has 0 fully saturated rings. The standard InChI is InChI=1S/C11H13FO3/c1-6-4-9(12)7(2)8(5-10(13)14)11(6)15-3/h4H,5H2,1-3H3,(H,13,14). The first-order valence-corrected chi connectivity index (χ1v) is 4.51. The van der Waals surface area contributed by atoms with Gasteiger partial charge in [-0.2, -0.15) is 0 Å². The van der Waals surface area contributed by atoms with E-state index in [2.05, 4.69) is 0 Å². The third-order valence-corrected chi connectivity index (χ3v) is 2.32. The highest BCUT2D eigenvalue weighted by molar-refractivity contribution is 5.72. The summed E-state index contributed by atoms with van der Waals surface area (Å²) < 4.78 is 18.4. The lowest BCUT2D eigenvalue weighted by Crippen LogP contribution is -2.07. The Morgan fingerprint density at radius 3 is 2.60 bits per heavy atom. The van der Waals surface area contributed by atoms with Gasteiger partial charge in [0.1, 0.15) is 11.6 Å². The van der Waals surface area contributed by atoms with E-state index in [1.54, 1.807) is 13.8 Å². The molecule has 82 valence electrons. The molecule has 1 N–H and O–H groups in total. The van der Waals surface area contributed by atoms with Crippen molar-refractivity contribution in [3.8, 4) is 5.75 Å². The molecule has 0 atom stereocenters. The van der Waals surface area contributed by atoms with Crippen LogP contribution in [0.25, 0.3) is 0 Å². The maximum atomic E-state index is 13.4. The van der Waals surface area contributed by atoms with Crippen LogP contribution in [0.2, 0.25) is 0 Å². The van der Waals surface area contributed by atoms with E-state index in [0.717, 1.165) is 0 Å². The van der Waals surface area contributed by atoms with Gasteiger partial charge in [-0.3, -0.25) is 4.79 Å². The van der Waals surface area contributed by atoms with Crippen molar-refractivity contribution in [3.63, 3.8) is 0 Å². The van der Waals surface area contributed by atoms with Crippen LogP contribution in [0.3, 0.4) is 0 Å². The number of rotatable bonds is 3. The summed E-state index contributed by atoms with van der Waals surface area (Å²) in [6.07, 6.45) is -0.229. The molecule has 0 bridgehead atoms. The van der Waals surface area contributed by atoms with Gasteiger partial charge in [-0.05, 0) is 31.0 Å². The number of halogens is 1. The van der Waals surface area contributed by atoms with Gasteiger partial charge in [0.25, 0.3) is 0 Å². The van der Waals surface area contributed by atoms with Gasteiger partial charge in [-0.1, -0.05) is 0 Å². The van der Waals surface area contributed by atoms with Gasteiger partial charge in [0.05, 0.1) is 13.5 Å². The van der Waals surface area contributed by atoms with Gasteiger partial charge in [0, 0.05) is 5.56 Å². The first kappa shape index (κ1) is 11.5. The Morgan fingerprint density at radius 2 is 2.13 bits per heavy atom. The zero-order valence-electron chi connectivity index (χ0n) is 8.93. The molecule has 15 heavy (non-hydrogen) atoms. The second-order valence-electron chi connectivity index (χ2n) is 3.38. The number of aryl methyl sites for hydroxylation is 1. The molecule has 0 saturated heterocycles. The second-order valence-corrected chi connectivity index (χ2v) is 3.38. The molecule has 0 aliphatic heterocycles. The van der Waals surface area contributed by atoms with Crippen LogP contribution in [0.4, 0.5) is 4.39 Å². The smallest absolute Gasteiger partial charge is 0.307 e. The van der Waals surface area contributed by atoms with Crippen molar-refractivity contribution >= 4 is 5.97 Å². The van der Waals surface area contributed by atoms with E-state index in [1.165, 1.54) is 13.2 Å². The normalized spacial score (nSPS) is 10.1. The fraction of sp³-hybridized carbons (Fsp3) is 0.364. The van der Waals surface area contributed by atoms with Crippen molar-refractivity contribution in [2.75, 3.05) is 7.11 Å². The number of carbonyl (C=O) groups is 1. The minimum absolute atomic E-state index is 0.229. The Bertz CT molecular complexity index is 399. The number of hydrogen-bond acceptors (Lipinski definition) is 2. The molecule has 0 radical (unpaired) electrons. The first-order chi connectivity index (χ1) is 6.97. The number of methoxy groups -OCH3 is 1. The fourth-order valence-electron chi connectivity index (χ4n) is 1.56. The summed E-state index contributed by atoms with van der Waals surface area (Å²) in [5.41, 5.74) is 1.35. The summed E-state index contributed by atoms with van der Waals surface area (Å²) in [6, 6.07) is 1.35. The van der Waals surface area contributed by atoms with E-state index >= 15 is 0 Å². The predicted octanol–water partition coefficient (Wildman–Crippen LogP) is 2.08. The molecule has 0 amide bonds. The maximum absolute atomic E-state index is 13.4. The number of carboxylic acid groups (broad SMARTS) is 1. The lowest BCUT2D eigenvalue weighted by atomic mass is 10.0. The van der Waals surface area contributed by atoms with E-state index in [0.29, 0.717) is 22.4 Å². The van der Waals surface area contributed by atoms with Crippen molar-refractivity contribution in [2.45, 2.75) is 20.3 Å². The average Bonchev–Trinajstić information content (AvgIpc) is 2.13. The molecule has 4 heteroatoms. The van der Waals surface area contributed by atoms with E-state index in [-0.39, 0.29) is 6.42 Å². The Balaban J connectivity index is 3.36. The minimum Gasteiger partial charge on any atom is -0.496 e. The molecule has 0 aliphatic rings. The van der Waals surface area contributed by atoms with Crippen molar-refractivity contribution in [3.05, 3.63) is 28.6 Å². The highest BCUT2D eigenvalue weighted by atomic mass is 19.1. The monoisotopic (exact) mass is 212 g/mol. The van der Waals surface area contributed by atoms with Crippen molar-refractivity contribution in [2.24, 2.45) is 0 Å². The molecule has 1 aromatic carbocycles. The zero-order chi connectivity index (χ0) is 11.6. The predicted molar refractivity (Wildman–Crippen MR) is 53.8 cm³/mol. The number of benzene rings is 1. The molecule has 0 spiro atoms. The van der Waals surface area contributed by atoms with Gasteiger partial charge >= 0.3 is 5.97 Å². The van der Waals surface area contributed by atoms with Crippen LogP contribution in [0.5, 0.6) is 5.75 Å². The lowest BCUT2D eigenvalue weighted by Gasteiger charge is -2.13. The Kier molecular flexibility index (Phi) is 3.29. The highest BCUT2D eigenvalue weighted by Gasteiger charge is 2.16. The Labute approximate surface area is 87.5 Å². The second kappa shape index (κ2) is 4.29. The van der Waals surface area contributed by atoms with Gasteiger partial charge < -0.3 is 9.84 Å². The van der Waals surface area contributed by atoms with Crippen LogP contribution in [-0.2, 0) is 11.2 Å². The molecule has 0 heterocycles.